The van der Waals surface area contributed by atoms with Crippen LogP contribution in [0.2, 0.25) is 0 Å². The van der Waals surface area contributed by atoms with Crippen LogP contribution in [0.25, 0.3) is 0 Å². The van der Waals surface area contributed by atoms with Crippen LogP contribution >= 0.6 is 0 Å². The lowest BCUT2D eigenvalue weighted by Crippen LogP contribution is -2.38. The minimum absolute atomic E-state index is 0.0700. The molecule has 1 saturated heterocycles. The van der Waals surface area contributed by atoms with Crippen molar-refractivity contribution in [3.8, 4) is 5.75 Å². The monoisotopic (exact) mass is 304 g/mol. The zero-order chi connectivity index (χ0) is 15.5. The molecule has 0 aliphatic carbocycles. The fourth-order valence-corrected chi connectivity index (χ4v) is 2.22. The van der Waals surface area contributed by atoms with Crippen molar-refractivity contribution < 1.29 is 22.8 Å². The number of benzene rings is 1. The van der Waals surface area contributed by atoms with Gasteiger partial charge in [0.15, 0.2) is 5.75 Å². The maximum Gasteiger partial charge on any atom is 0.416 e. The van der Waals surface area contributed by atoms with Gasteiger partial charge in [0, 0.05) is 12.1 Å². The van der Waals surface area contributed by atoms with Gasteiger partial charge in [0.2, 0.25) is 0 Å². The zero-order valence-electron chi connectivity index (χ0n) is 11.2. The van der Waals surface area contributed by atoms with Gasteiger partial charge >= 0.3 is 11.9 Å². The van der Waals surface area contributed by atoms with Crippen LogP contribution < -0.4 is 10.1 Å². The Morgan fingerprint density at radius 2 is 2.14 bits per heavy atom. The molecule has 0 spiro atoms. The van der Waals surface area contributed by atoms with Gasteiger partial charge in [-0.25, -0.2) is 0 Å². The molecule has 1 N–H and O–H groups in total. The van der Waals surface area contributed by atoms with E-state index >= 15 is 0 Å². The van der Waals surface area contributed by atoms with Crippen LogP contribution in [-0.4, -0.2) is 24.1 Å². The van der Waals surface area contributed by atoms with Gasteiger partial charge in [0.05, 0.1) is 10.5 Å². The Hall–Kier alpha value is -1.83. The molecule has 21 heavy (non-hydrogen) atoms. The highest BCUT2D eigenvalue weighted by Gasteiger charge is 2.33. The third-order valence-electron chi connectivity index (χ3n) is 3.34. The van der Waals surface area contributed by atoms with E-state index in [4.69, 9.17) is 4.74 Å². The highest BCUT2D eigenvalue weighted by molar-refractivity contribution is 5.49. The van der Waals surface area contributed by atoms with Gasteiger partial charge < -0.3 is 10.1 Å². The number of hydrogen-bond acceptors (Lipinski definition) is 4. The topological polar surface area (TPSA) is 64.4 Å². The minimum atomic E-state index is -4.62. The summed E-state index contributed by atoms with van der Waals surface area (Å²) in [6.07, 6.45) is -1.63. The smallest absolute Gasteiger partial charge is 0.416 e. The minimum Gasteiger partial charge on any atom is -0.485 e. The van der Waals surface area contributed by atoms with Gasteiger partial charge in [-0.15, -0.1) is 0 Å². The number of nitrogens with one attached hydrogen (secondary N) is 1. The lowest BCUT2D eigenvalue weighted by atomic mass is 10.1. The van der Waals surface area contributed by atoms with Crippen LogP contribution in [0.4, 0.5) is 18.9 Å². The molecule has 1 aromatic rings. The standard InChI is InChI=1S/C13H15F3N2O3/c14-13(15,16)9-4-5-12(11(7-9)18(19)20)21-8-10-3-1-2-6-17-10/h4-5,7,10,17H,1-3,6,8H2. The zero-order valence-corrected chi connectivity index (χ0v) is 11.2. The first-order chi connectivity index (χ1) is 9.88. The Morgan fingerprint density at radius 1 is 1.38 bits per heavy atom. The summed E-state index contributed by atoms with van der Waals surface area (Å²) in [5.41, 5.74) is -1.72. The Balaban J connectivity index is 2.12. The molecule has 0 aromatic heterocycles. The van der Waals surface area contributed by atoms with E-state index in [0.29, 0.717) is 6.07 Å². The van der Waals surface area contributed by atoms with Crippen molar-refractivity contribution >= 4 is 5.69 Å². The van der Waals surface area contributed by atoms with Crippen LogP contribution in [0.1, 0.15) is 24.8 Å². The first-order valence-electron chi connectivity index (χ1n) is 6.60. The lowest BCUT2D eigenvalue weighted by molar-refractivity contribution is -0.386. The summed E-state index contributed by atoms with van der Waals surface area (Å²) in [6.45, 7) is 1.05. The molecule has 5 nitrogen and oxygen atoms in total. The molecular weight excluding hydrogens is 289 g/mol. The van der Waals surface area contributed by atoms with E-state index in [0.717, 1.165) is 37.9 Å². The van der Waals surface area contributed by atoms with Crippen LogP contribution in [0.3, 0.4) is 0 Å². The first kappa shape index (κ1) is 15.6. The molecular formula is C13H15F3N2O3. The molecule has 1 aliphatic heterocycles. The molecule has 0 saturated carbocycles. The molecule has 1 heterocycles. The quantitative estimate of drug-likeness (QED) is 0.685. The third kappa shape index (κ3) is 4.07. The fraction of sp³-hybridized carbons (Fsp3) is 0.538. The second-order valence-electron chi connectivity index (χ2n) is 4.90. The second-order valence-corrected chi connectivity index (χ2v) is 4.90. The highest BCUT2D eigenvalue weighted by Crippen LogP contribution is 2.36. The summed E-state index contributed by atoms with van der Waals surface area (Å²) in [6, 6.07) is 2.37. The molecule has 1 aromatic carbocycles. The third-order valence-corrected chi connectivity index (χ3v) is 3.34. The summed E-state index contributed by atoms with van der Waals surface area (Å²) in [4.78, 5) is 10.0. The number of rotatable bonds is 4. The molecule has 0 radical (unpaired) electrons. The molecule has 8 heteroatoms. The molecule has 116 valence electrons. The van der Waals surface area contributed by atoms with Crippen molar-refractivity contribution in [3.63, 3.8) is 0 Å². The van der Waals surface area contributed by atoms with Gasteiger partial charge in [0.25, 0.3) is 0 Å². The maximum atomic E-state index is 12.6. The normalized spacial score (nSPS) is 19.3. The molecule has 0 bridgehead atoms. The Morgan fingerprint density at radius 3 is 2.71 bits per heavy atom. The van der Waals surface area contributed by atoms with Crippen LogP contribution in [-0.2, 0) is 6.18 Å². The van der Waals surface area contributed by atoms with Gasteiger partial charge in [-0.2, -0.15) is 13.2 Å². The molecule has 2 rings (SSSR count). The van der Waals surface area contributed by atoms with Crippen LogP contribution in [0, 0.1) is 10.1 Å². The molecule has 1 unspecified atom stereocenters. The largest absolute Gasteiger partial charge is 0.485 e. The van der Waals surface area contributed by atoms with Crippen molar-refractivity contribution in [2.75, 3.05) is 13.2 Å². The van der Waals surface area contributed by atoms with E-state index in [1.807, 2.05) is 0 Å². The van der Waals surface area contributed by atoms with Crippen molar-refractivity contribution in [2.24, 2.45) is 0 Å². The predicted octanol–water partition coefficient (Wildman–Crippen LogP) is 3.13. The summed E-state index contributed by atoms with van der Waals surface area (Å²) in [5.74, 6) is -0.139. The number of piperidine rings is 1. The highest BCUT2D eigenvalue weighted by atomic mass is 19.4. The van der Waals surface area contributed by atoms with Crippen molar-refractivity contribution in [3.05, 3.63) is 33.9 Å². The number of ether oxygens (including phenoxy) is 1. The molecule has 1 atom stereocenters. The van der Waals surface area contributed by atoms with Gasteiger partial charge in [-0.3, -0.25) is 10.1 Å². The van der Waals surface area contributed by atoms with Crippen LogP contribution in [0.15, 0.2) is 18.2 Å². The number of hydrogen-bond donors (Lipinski definition) is 1. The molecule has 1 fully saturated rings. The number of alkyl halides is 3. The lowest BCUT2D eigenvalue weighted by Gasteiger charge is -2.23. The Kier molecular flexibility index (Phi) is 4.66. The SMILES string of the molecule is O=[N+]([O-])c1cc(C(F)(F)F)ccc1OCC1CCCCN1. The summed E-state index contributed by atoms with van der Waals surface area (Å²) >= 11 is 0. The van der Waals surface area contributed by atoms with E-state index in [9.17, 15) is 23.3 Å². The van der Waals surface area contributed by atoms with Gasteiger partial charge in [-0.05, 0) is 31.5 Å². The fourth-order valence-electron chi connectivity index (χ4n) is 2.22. The van der Waals surface area contributed by atoms with Crippen LogP contribution in [0.5, 0.6) is 5.75 Å². The molecule has 1 aliphatic rings. The second kappa shape index (κ2) is 6.30. The van der Waals surface area contributed by atoms with E-state index in [-0.39, 0.29) is 18.4 Å². The van der Waals surface area contributed by atoms with Crippen molar-refractivity contribution in [2.45, 2.75) is 31.5 Å². The Bertz CT molecular complexity index is 514. The number of nitrogens with zero attached hydrogens (tertiary/aromatic N) is 1. The summed E-state index contributed by atoms with van der Waals surface area (Å²) < 4.78 is 43.0. The summed E-state index contributed by atoms with van der Waals surface area (Å²) in [7, 11) is 0. The Labute approximate surface area is 119 Å². The van der Waals surface area contributed by atoms with Crippen molar-refractivity contribution in [1.29, 1.82) is 0 Å². The van der Waals surface area contributed by atoms with Crippen molar-refractivity contribution in [1.82, 2.24) is 5.32 Å². The average molecular weight is 304 g/mol. The average Bonchev–Trinajstić information content (AvgIpc) is 2.45. The number of halogens is 3. The maximum absolute atomic E-state index is 12.6. The van der Waals surface area contributed by atoms with E-state index in [1.165, 1.54) is 0 Å². The van der Waals surface area contributed by atoms with Gasteiger partial charge in [0.1, 0.15) is 6.61 Å². The molecule has 0 amide bonds. The first-order valence-corrected chi connectivity index (χ1v) is 6.60. The number of nitro groups is 1. The van der Waals surface area contributed by atoms with E-state index in [2.05, 4.69) is 5.32 Å². The van der Waals surface area contributed by atoms with Gasteiger partial charge in [-0.1, -0.05) is 6.42 Å². The predicted molar refractivity (Wildman–Crippen MR) is 69.2 cm³/mol. The summed E-state index contributed by atoms with van der Waals surface area (Å²) in [5, 5.41) is 14.1. The van der Waals surface area contributed by atoms with E-state index in [1.54, 1.807) is 0 Å². The number of nitro benzene ring substituents is 1. The van der Waals surface area contributed by atoms with E-state index < -0.39 is 22.4 Å².